The fourth-order valence-electron chi connectivity index (χ4n) is 2.02. The van der Waals surface area contributed by atoms with Crippen molar-refractivity contribution in [3.05, 3.63) is 41.8 Å². The molecule has 0 saturated carbocycles. The van der Waals surface area contributed by atoms with E-state index in [0.717, 1.165) is 0 Å². The van der Waals surface area contributed by atoms with Crippen LogP contribution < -0.4 is 10.1 Å². The molecular formula is C16H21FN4O3. The number of hydrogen-bond acceptors (Lipinski definition) is 6. The zero-order valence-corrected chi connectivity index (χ0v) is 13.8. The van der Waals surface area contributed by atoms with Gasteiger partial charge in [0.15, 0.2) is 6.61 Å². The van der Waals surface area contributed by atoms with E-state index < -0.39 is 0 Å². The maximum absolute atomic E-state index is 12.8. The molecule has 0 fully saturated rings. The number of nitrogens with one attached hydrogen (secondary N) is 1. The highest BCUT2D eigenvalue weighted by molar-refractivity contribution is 5.77. The average Bonchev–Trinajstić information content (AvgIpc) is 3.01. The first-order valence-electron chi connectivity index (χ1n) is 7.79. The predicted molar refractivity (Wildman–Crippen MR) is 84.7 cm³/mol. The number of benzene rings is 1. The van der Waals surface area contributed by atoms with Gasteiger partial charge in [0, 0.05) is 6.54 Å². The van der Waals surface area contributed by atoms with Gasteiger partial charge in [-0.3, -0.25) is 9.69 Å². The number of ether oxygens (including phenoxy) is 1. The second-order valence-electron chi connectivity index (χ2n) is 5.10. The Bertz CT molecular complexity index is 645. The van der Waals surface area contributed by atoms with Crippen LogP contribution in [0.1, 0.15) is 25.6 Å². The molecule has 0 aliphatic heterocycles. The summed E-state index contributed by atoms with van der Waals surface area (Å²) in [6.45, 7) is 5.89. The molecule has 2 rings (SSSR count). The van der Waals surface area contributed by atoms with Crippen LogP contribution in [0.3, 0.4) is 0 Å². The van der Waals surface area contributed by atoms with Gasteiger partial charge in [0.25, 0.3) is 0 Å². The third kappa shape index (κ3) is 5.62. The van der Waals surface area contributed by atoms with Crippen LogP contribution in [0.25, 0.3) is 0 Å². The number of hydrogen-bond donors (Lipinski definition) is 1. The first kappa shape index (κ1) is 17.9. The smallest absolute Gasteiger partial charge is 0.240 e. The molecule has 1 aromatic carbocycles. The van der Waals surface area contributed by atoms with Crippen LogP contribution >= 0.6 is 0 Å². The maximum Gasteiger partial charge on any atom is 0.240 e. The number of halogens is 1. The minimum Gasteiger partial charge on any atom is -0.485 e. The summed E-state index contributed by atoms with van der Waals surface area (Å²) >= 11 is 0. The van der Waals surface area contributed by atoms with Crippen molar-refractivity contribution in [2.75, 3.05) is 19.6 Å². The van der Waals surface area contributed by atoms with E-state index in [2.05, 4.69) is 15.5 Å². The summed E-state index contributed by atoms with van der Waals surface area (Å²) in [5.41, 5.74) is 0. The van der Waals surface area contributed by atoms with Gasteiger partial charge in [-0.05, 0) is 37.7 Å². The summed E-state index contributed by atoms with van der Waals surface area (Å²) < 4.78 is 23.4. The molecule has 0 aliphatic rings. The fraction of sp³-hybridized carbons (Fsp3) is 0.438. The minimum absolute atomic E-state index is 0.0428. The average molecular weight is 336 g/mol. The van der Waals surface area contributed by atoms with Gasteiger partial charge in [-0.15, -0.1) is 0 Å². The van der Waals surface area contributed by atoms with Crippen LogP contribution in [0.5, 0.6) is 5.75 Å². The lowest BCUT2D eigenvalue weighted by Gasteiger charge is -2.17. The molecule has 0 saturated heterocycles. The van der Waals surface area contributed by atoms with Crippen molar-refractivity contribution in [2.24, 2.45) is 0 Å². The molecule has 130 valence electrons. The molecule has 1 amide bonds. The van der Waals surface area contributed by atoms with Crippen LogP contribution in [0.4, 0.5) is 4.39 Å². The Morgan fingerprint density at radius 1 is 1.33 bits per heavy atom. The monoisotopic (exact) mass is 336 g/mol. The van der Waals surface area contributed by atoms with Crippen LogP contribution in [0, 0.1) is 5.82 Å². The van der Waals surface area contributed by atoms with E-state index >= 15 is 0 Å². The van der Waals surface area contributed by atoms with Crippen LogP contribution in [0.15, 0.2) is 28.8 Å². The highest BCUT2D eigenvalue weighted by atomic mass is 19.1. The van der Waals surface area contributed by atoms with Gasteiger partial charge in [0.05, 0.1) is 13.1 Å². The summed E-state index contributed by atoms with van der Waals surface area (Å²) in [5, 5.41) is 6.59. The van der Waals surface area contributed by atoms with Crippen molar-refractivity contribution in [2.45, 2.75) is 27.0 Å². The molecule has 1 aromatic heterocycles. The number of likely N-dealkylation sites (N-methyl/N-ethyl adjacent to an activating group) is 2. The Kier molecular flexibility index (Phi) is 6.68. The van der Waals surface area contributed by atoms with E-state index in [1.54, 1.807) is 0 Å². The van der Waals surface area contributed by atoms with E-state index in [0.29, 0.717) is 37.1 Å². The predicted octanol–water partition coefficient (Wildman–Crippen LogP) is 1.75. The molecular weight excluding hydrogens is 315 g/mol. The first-order valence-corrected chi connectivity index (χ1v) is 7.79. The normalized spacial score (nSPS) is 10.8. The summed E-state index contributed by atoms with van der Waals surface area (Å²) in [6.07, 6.45) is 0. The van der Waals surface area contributed by atoms with Gasteiger partial charge in [-0.25, -0.2) is 4.39 Å². The van der Waals surface area contributed by atoms with Gasteiger partial charge >= 0.3 is 0 Å². The summed E-state index contributed by atoms with van der Waals surface area (Å²) in [7, 11) is 0. The van der Waals surface area contributed by atoms with Gasteiger partial charge in [0.1, 0.15) is 11.6 Å². The van der Waals surface area contributed by atoms with Crippen LogP contribution in [0.2, 0.25) is 0 Å². The van der Waals surface area contributed by atoms with Crippen molar-refractivity contribution >= 4 is 5.91 Å². The lowest BCUT2D eigenvalue weighted by molar-refractivity contribution is -0.122. The Balaban J connectivity index is 1.85. The molecule has 0 unspecified atom stereocenters. The molecule has 1 heterocycles. The quantitative estimate of drug-likeness (QED) is 0.751. The molecule has 0 radical (unpaired) electrons. The van der Waals surface area contributed by atoms with Gasteiger partial charge in [0.2, 0.25) is 17.6 Å². The van der Waals surface area contributed by atoms with Crippen molar-refractivity contribution < 1.29 is 18.4 Å². The van der Waals surface area contributed by atoms with Crippen LogP contribution in [-0.4, -0.2) is 40.6 Å². The number of carbonyl (C=O) groups excluding carboxylic acids is 1. The Labute approximate surface area is 139 Å². The van der Waals surface area contributed by atoms with Gasteiger partial charge in [-0.1, -0.05) is 12.1 Å². The van der Waals surface area contributed by atoms with Crippen LogP contribution in [-0.2, 0) is 17.9 Å². The largest absolute Gasteiger partial charge is 0.485 e. The van der Waals surface area contributed by atoms with Crippen molar-refractivity contribution in [1.29, 1.82) is 0 Å². The second-order valence-corrected chi connectivity index (χ2v) is 5.10. The third-order valence-electron chi connectivity index (χ3n) is 3.24. The zero-order chi connectivity index (χ0) is 17.4. The van der Waals surface area contributed by atoms with Gasteiger partial charge < -0.3 is 14.6 Å². The molecule has 7 nitrogen and oxygen atoms in total. The van der Waals surface area contributed by atoms with E-state index in [4.69, 9.17) is 9.26 Å². The highest BCUT2D eigenvalue weighted by Crippen LogP contribution is 2.13. The number of carbonyl (C=O) groups is 1. The zero-order valence-electron chi connectivity index (χ0n) is 13.8. The number of nitrogens with zero attached hydrogens (tertiary/aromatic N) is 3. The Hall–Kier alpha value is -2.48. The standard InChI is InChI=1S/C16H21FN4O3/c1-3-18-15(22)9-21(4-2)10-16-19-14(20-24-16)11-23-13-7-5-12(17)6-8-13/h5-8H,3-4,9-11H2,1-2H3,(H,18,22). The van der Waals surface area contributed by atoms with E-state index in [-0.39, 0.29) is 24.9 Å². The molecule has 0 atom stereocenters. The van der Waals surface area contributed by atoms with E-state index in [9.17, 15) is 9.18 Å². The van der Waals surface area contributed by atoms with Gasteiger partial charge in [-0.2, -0.15) is 4.98 Å². The summed E-state index contributed by atoms with van der Waals surface area (Å²) in [6, 6.07) is 5.69. The molecule has 1 N–H and O–H groups in total. The molecule has 0 spiro atoms. The molecule has 2 aromatic rings. The maximum atomic E-state index is 12.8. The van der Waals surface area contributed by atoms with Crippen molar-refractivity contribution in [3.8, 4) is 5.75 Å². The number of amides is 1. The molecule has 0 bridgehead atoms. The Morgan fingerprint density at radius 2 is 2.08 bits per heavy atom. The molecule has 8 heteroatoms. The fourth-order valence-corrected chi connectivity index (χ4v) is 2.02. The molecule has 24 heavy (non-hydrogen) atoms. The van der Waals surface area contributed by atoms with Crippen molar-refractivity contribution in [1.82, 2.24) is 20.4 Å². The Morgan fingerprint density at radius 3 is 2.75 bits per heavy atom. The highest BCUT2D eigenvalue weighted by Gasteiger charge is 2.14. The molecule has 0 aliphatic carbocycles. The topological polar surface area (TPSA) is 80.5 Å². The first-order chi connectivity index (χ1) is 11.6. The lowest BCUT2D eigenvalue weighted by Crippen LogP contribution is -2.36. The second kappa shape index (κ2) is 8.97. The summed E-state index contributed by atoms with van der Waals surface area (Å²) in [5.74, 6) is 0.964. The summed E-state index contributed by atoms with van der Waals surface area (Å²) in [4.78, 5) is 17.8. The number of aromatic nitrogens is 2. The van der Waals surface area contributed by atoms with E-state index in [1.165, 1.54) is 24.3 Å². The lowest BCUT2D eigenvalue weighted by atomic mass is 10.3. The van der Waals surface area contributed by atoms with E-state index in [1.807, 2.05) is 18.7 Å². The number of rotatable bonds is 9. The minimum atomic E-state index is -0.323. The van der Waals surface area contributed by atoms with Crippen molar-refractivity contribution in [3.63, 3.8) is 0 Å². The SMILES string of the molecule is CCNC(=O)CN(CC)Cc1nc(COc2ccc(F)cc2)no1. The third-order valence-corrected chi connectivity index (χ3v) is 3.24.